The highest BCUT2D eigenvalue weighted by Crippen LogP contribution is 2.50. The summed E-state index contributed by atoms with van der Waals surface area (Å²) in [6, 6.07) is 36.2. The first-order valence-corrected chi connectivity index (χ1v) is 20.0. The number of allylic oxidation sites excluding steroid dienone is 1. The van der Waals surface area contributed by atoms with E-state index in [1.165, 1.54) is 72.8 Å². The molecule has 5 aromatic rings. The Morgan fingerprint density at radius 1 is 0.740 bits per heavy atom. The minimum atomic E-state index is -0.222. The smallest absolute Gasteiger partial charge is 0.113 e. The average Bonchev–Trinajstić information content (AvgIpc) is 3.15. The van der Waals surface area contributed by atoms with Gasteiger partial charge in [-0.25, -0.2) is 0 Å². The maximum Gasteiger partial charge on any atom is 0.113 e. The lowest BCUT2D eigenvalue weighted by Gasteiger charge is -2.36. The van der Waals surface area contributed by atoms with Gasteiger partial charge >= 0.3 is 0 Å². The van der Waals surface area contributed by atoms with Crippen LogP contribution in [0.25, 0.3) is 50.2 Å². The second kappa shape index (κ2) is 16.8. The van der Waals surface area contributed by atoms with Crippen LogP contribution in [0.1, 0.15) is 74.0 Å². The fourth-order valence-electron chi connectivity index (χ4n) is 7.22. The van der Waals surface area contributed by atoms with Gasteiger partial charge in [-0.05, 0) is 128 Å². The van der Waals surface area contributed by atoms with Gasteiger partial charge in [0.25, 0.3) is 0 Å². The second-order valence-electron chi connectivity index (χ2n) is 14.0. The van der Waals surface area contributed by atoms with Crippen molar-refractivity contribution in [3.8, 4) is 33.4 Å². The van der Waals surface area contributed by atoms with Crippen LogP contribution in [0.4, 0.5) is 0 Å². The number of fused-ring (bicyclic) bond motifs is 5. The third kappa shape index (κ3) is 8.09. The molecular weight excluding hydrogens is 651 g/mol. The Morgan fingerprint density at radius 2 is 1.38 bits per heavy atom. The van der Waals surface area contributed by atoms with Crippen LogP contribution < -0.4 is 4.72 Å². The molecule has 5 heteroatoms. The van der Waals surface area contributed by atoms with Crippen LogP contribution in [0.5, 0.6) is 0 Å². The second-order valence-corrected chi connectivity index (χ2v) is 15.4. The minimum absolute atomic E-state index is 0.221. The van der Waals surface area contributed by atoms with E-state index in [4.69, 9.17) is 9.47 Å². The monoisotopic (exact) mass is 699 g/mol. The highest BCUT2D eigenvalue weighted by atomic mass is 32.2. The fraction of sp³-hybridized carbons (Fsp3) is 0.333. The quantitative estimate of drug-likeness (QED) is 0.0647. The maximum atomic E-state index is 6.94. The zero-order valence-electron chi connectivity index (χ0n) is 29.4. The van der Waals surface area contributed by atoms with Gasteiger partial charge in [0.2, 0.25) is 0 Å². The van der Waals surface area contributed by atoms with Gasteiger partial charge in [-0.15, -0.1) is 0 Å². The van der Waals surface area contributed by atoms with Gasteiger partial charge in [0.05, 0.1) is 0 Å². The number of hydrogen-bond donors (Lipinski definition) is 2. The molecule has 7 rings (SSSR count). The predicted molar refractivity (Wildman–Crippen MR) is 218 cm³/mol. The number of rotatable bonds is 15. The van der Waals surface area contributed by atoms with Crippen molar-refractivity contribution < 1.29 is 9.47 Å². The first-order chi connectivity index (χ1) is 24.6. The third-order valence-corrected chi connectivity index (χ3v) is 11.1. The summed E-state index contributed by atoms with van der Waals surface area (Å²) in [5.41, 5.74) is 12.5. The largest absolute Gasteiger partial charge is 0.370 e. The van der Waals surface area contributed by atoms with Crippen molar-refractivity contribution in [2.45, 2.75) is 58.2 Å². The molecular formula is C45H49NO2S2. The molecule has 258 valence electrons. The van der Waals surface area contributed by atoms with Crippen molar-refractivity contribution in [2.75, 3.05) is 31.3 Å². The Kier molecular flexibility index (Phi) is 11.8. The predicted octanol–water partition coefficient (Wildman–Crippen LogP) is 11.9. The Labute approximate surface area is 308 Å². The van der Waals surface area contributed by atoms with E-state index in [9.17, 15) is 0 Å². The van der Waals surface area contributed by atoms with Crippen LogP contribution in [0.2, 0.25) is 0 Å². The maximum absolute atomic E-state index is 6.94. The molecule has 1 N–H and O–H groups in total. The summed E-state index contributed by atoms with van der Waals surface area (Å²) in [7, 11) is 0. The normalized spacial score (nSPS) is 16.4. The lowest BCUT2D eigenvalue weighted by atomic mass is 9.79. The molecule has 0 bridgehead atoms. The van der Waals surface area contributed by atoms with E-state index in [-0.39, 0.29) is 12.2 Å². The summed E-state index contributed by atoms with van der Waals surface area (Å²) in [4.78, 5) is 0. The molecule has 0 fully saturated rings. The molecule has 5 aromatic carbocycles. The highest BCUT2D eigenvalue weighted by molar-refractivity contribution is 7.97. The lowest BCUT2D eigenvalue weighted by Crippen LogP contribution is -2.24. The van der Waals surface area contributed by atoms with Crippen molar-refractivity contribution in [1.82, 2.24) is 4.72 Å². The zero-order valence-corrected chi connectivity index (χ0v) is 31.1. The number of ether oxygens (including phenoxy) is 2. The molecule has 0 spiro atoms. The molecule has 2 atom stereocenters. The molecule has 0 aliphatic heterocycles. The SMILES string of the molecule is CC(C)CCNSCCCOC1c2cc(-c3ccc4ccccc4c3)ccc2-c2ccc(-c3ccc4c(c3)CCC=C4)cc2C1OCCCS. The van der Waals surface area contributed by atoms with E-state index in [0.29, 0.717) is 19.1 Å². The fourth-order valence-corrected chi connectivity index (χ4v) is 8.01. The van der Waals surface area contributed by atoms with Crippen LogP contribution in [0.3, 0.4) is 0 Å². The number of aryl methyl sites for hydroxylation is 1. The van der Waals surface area contributed by atoms with Crippen molar-refractivity contribution in [1.29, 1.82) is 0 Å². The van der Waals surface area contributed by atoms with Gasteiger partial charge in [0.1, 0.15) is 12.2 Å². The molecule has 50 heavy (non-hydrogen) atoms. The van der Waals surface area contributed by atoms with Crippen LogP contribution in [-0.4, -0.2) is 31.3 Å². The van der Waals surface area contributed by atoms with E-state index in [1.54, 1.807) is 0 Å². The average molecular weight is 700 g/mol. The van der Waals surface area contributed by atoms with E-state index < -0.39 is 0 Å². The molecule has 2 aliphatic carbocycles. The summed E-state index contributed by atoms with van der Waals surface area (Å²) in [6.45, 7) is 6.89. The molecule has 0 saturated carbocycles. The summed E-state index contributed by atoms with van der Waals surface area (Å²) in [5.74, 6) is 2.51. The summed E-state index contributed by atoms with van der Waals surface area (Å²) in [5, 5.41) is 2.50. The molecule has 0 aromatic heterocycles. The van der Waals surface area contributed by atoms with Gasteiger partial charge in [0.15, 0.2) is 0 Å². The van der Waals surface area contributed by atoms with Crippen molar-refractivity contribution in [3.05, 3.63) is 125 Å². The molecule has 0 radical (unpaired) electrons. The summed E-state index contributed by atoms with van der Waals surface area (Å²) < 4.78 is 17.3. The van der Waals surface area contributed by atoms with Gasteiger partial charge in [-0.2, -0.15) is 12.6 Å². The zero-order chi connectivity index (χ0) is 34.3. The third-order valence-electron chi connectivity index (χ3n) is 9.93. The molecule has 0 amide bonds. The Bertz CT molecular complexity index is 1950. The van der Waals surface area contributed by atoms with Gasteiger partial charge in [-0.1, -0.05) is 117 Å². The Morgan fingerprint density at radius 3 is 2.10 bits per heavy atom. The standard InChI is InChI=1S/C45H49NO2S2/c1-31(2)21-22-46-50-26-8-24-48-45-43-30-39(37-16-14-33-10-4-6-12-35(33)28-37)18-20-41(43)40-19-17-38(29-42(40)44(45)47-23-7-25-49)36-15-13-32-9-3-5-11-34(32)27-36/h3-4,6,9-10,12-20,27-31,44-46,49H,5,7-8,11,21-26H2,1-2H3. The first kappa shape index (κ1) is 35.1. The molecule has 0 saturated heterocycles. The number of thiol groups is 1. The Balaban J connectivity index is 1.24. The lowest BCUT2D eigenvalue weighted by molar-refractivity contribution is -0.0787. The molecule has 2 aliphatic rings. The van der Waals surface area contributed by atoms with Gasteiger partial charge in [0, 0.05) is 25.5 Å². The van der Waals surface area contributed by atoms with E-state index >= 15 is 0 Å². The Hall–Kier alpha value is -3.32. The van der Waals surface area contributed by atoms with Crippen molar-refractivity contribution >= 4 is 41.4 Å². The van der Waals surface area contributed by atoms with Gasteiger partial charge in [-0.3, -0.25) is 4.72 Å². The van der Waals surface area contributed by atoms with Gasteiger partial charge < -0.3 is 9.47 Å². The van der Waals surface area contributed by atoms with Crippen molar-refractivity contribution in [3.63, 3.8) is 0 Å². The van der Waals surface area contributed by atoms with E-state index in [1.807, 2.05) is 11.9 Å². The molecule has 3 nitrogen and oxygen atoms in total. The topological polar surface area (TPSA) is 30.5 Å². The molecule has 0 heterocycles. The summed E-state index contributed by atoms with van der Waals surface area (Å²) >= 11 is 6.32. The molecule has 2 unspecified atom stereocenters. The van der Waals surface area contributed by atoms with Crippen LogP contribution in [0.15, 0.2) is 103 Å². The minimum Gasteiger partial charge on any atom is -0.370 e. The van der Waals surface area contributed by atoms with Crippen LogP contribution in [0, 0.1) is 5.92 Å². The number of benzene rings is 5. The summed E-state index contributed by atoms with van der Waals surface area (Å²) in [6.07, 6.45) is 9.33. The first-order valence-electron chi connectivity index (χ1n) is 18.3. The van der Waals surface area contributed by atoms with E-state index in [2.05, 4.69) is 140 Å². The number of hydrogen-bond acceptors (Lipinski definition) is 5. The van der Waals surface area contributed by atoms with Crippen LogP contribution >= 0.6 is 24.6 Å². The van der Waals surface area contributed by atoms with E-state index in [0.717, 1.165) is 43.7 Å². The number of nitrogens with one attached hydrogen (secondary N) is 1. The highest BCUT2D eigenvalue weighted by Gasteiger charge is 2.36. The van der Waals surface area contributed by atoms with Crippen molar-refractivity contribution in [2.24, 2.45) is 5.92 Å². The van der Waals surface area contributed by atoms with Crippen LogP contribution in [-0.2, 0) is 15.9 Å².